The molecule has 0 bridgehead atoms. The number of hydrogen-bond acceptors (Lipinski definition) is 5. The molecular weight excluding hydrogens is 320 g/mol. The van der Waals surface area contributed by atoms with E-state index in [4.69, 9.17) is 9.15 Å². The minimum Gasteiger partial charge on any atom is -0.423 e. The highest BCUT2D eigenvalue weighted by molar-refractivity contribution is 5.92. The molecule has 25 heavy (non-hydrogen) atoms. The summed E-state index contributed by atoms with van der Waals surface area (Å²) in [5.41, 5.74) is 2.15. The highest BCUT2D eigenvalue weighted by Gasteiger charge is 2.36. The molecule has 1 saturated carbocycles. The normalized spacial score (nSPS) is 19.5. The summed E-state index contributed by atoms with van der Waals surface area (Å²) < 4.78 is 11.2. The monoisotopic (exact) mass is 344 g/mol. The van der Waals surface area contributed by atoms with Crippen LogP contribution >= 0.6 is 0 Å². The zero-order valence-corrected chi connectivity index (χ0v) is 14.5. The van der Waals surface area contributed by atoms with E-state index in [1.165, 1.54) is 6.42 Å². The predicted molar refractivity (Wildman–Crippen MR) is 96.1 cm³/mol. The number of carbonyl (C=O) groups is 1. The Morgan fingerprint density at radius 2 is 2.12 bits per heavy atom. The lowest BCUT2D eigenvalue weighted by molar-refractivity contribution is 0.120. The second-order valence-corrected chi connectivity index (χ2v) is 6.84. The predicted octanol–water partition coefficient (Wildman–Crippen LogP) is 3.12. The van der Waals surface area contributed by atoms with Crippen molar-refractivity contribution in [3.8, 4) is 0 Å². The first-order valence-electron chi connectivity index (χ1n) is 9.00. The van der Waals surface area contributed by atoms with Gasteiger partial charge < -0.3 is 24.7 Å². The van der Waals surface area contributed by atoms with Crippen molar-refractivity contribution >= 4 is 28.8 Å². The molecule has 2 fully saturated rings. The van der Waals surface area contributed by atoms with Crippen LogP contribution in [0.1, 0.15) is 32.6 Å². The van der Waals surface area contributed by atoms with Gasteiger partial charge in [-0.3, -0.25) is 0 Å². The van der Waals surface area contributed by atoms with E-state index in [9.17, 15) is 4.79 Å². The third-order valence-electron chi connectivity index (χ3n) is 5.28. The number of benzene rings is 1. The van der Waals surface area contributed by atoms with Gasteiger partial charge in [-0.1, -0.05) is 6.92 Å². The number of urea groups is 1. The summed E-state index contributed by atoms with van der Waals surface area (Å²) in [4.78, 5) is 18.9. The van der Waals surface area contributed by atoms with E-state index in [-0.39, 0.29) is 11.6 Å². The molecule has 1 saturated heterocycles. The van der Waals surface area contributed by atoms with E-state index < -0.39 is 0 Å². The van der Waals surface area contributed by atoms with E-state index in [0.29, 0.717) is 30.5 Å². The van der Waals surface area contributed by atoms with Gasteiger partial charge in [-0.25, -0.2) is 4.79 Å². The number of anilines is 2. The summed E-state index contributed by atoms with van der Waals surface area (Å²) in [6, 6.07) is 6.00. The van der Waals surface area contributed by atoms with Crippen LogP contribution in [0.4, 0.5) is 16.5 Å². The van der Waals surface area contributed by atoms with Crippen molar-refractivity contribution in [3.05, 3.63) is 18.2 Å². The Morgan fingerprint density at radius 3 is 2.80 bits per heavy atom. The number of aromatic nitrogens is 1. The van der Waals surface area contributed by atoms with Crippen molar-refractivity contribution in [2.45, 2.75) is 38.1 Å². The molecule has 4 rings (SSSR count). The van der Waals surface area contributed by atoms with Crippen LogP contribution in [0.2, 0.25) is 0 Å². The number of nitrogens with zero attached hydrogens (tertiary/aromatic N) is 2. The van der Waals surface area contributed by atoms with Crippen molar-refractivity contribution in [1.82, 2.24) is 10.3 Å². The third kappa shape index (κ3) is 3.28. The quantitative estimate of drug-likeness (QED) is 0.891. The molecule has 2 aliphatic rings. The Labute approximate surface area is 146 Å². The molecule has 2 heterocycles. The number of carbonyl (C=O) groups excluding carboxylic acids is 1. The molecule has 0 atom stereocenters. The van der Waals surface area contributed by atoms with E-state index in [1.54, 1.807) is 0 Å². The smallest absolute Gasteiger partial charge is 0.319 e. The summed E-state index contributed by atoms with van der Waals surface area (Å²) in [5.74, 6) is 0. The molecule has 0 radical (unpaired) electrons. The van der Waals surface area contributed by atoms with Gasteiger partial charge in [0.05, 0.1) is 13.2 Å². The van der Waals surface area contributed by atoms with Crippen LogP contribution in [0.3, 0.4) is 0 Å². The van der Waals surface area contributed by atoms with Crippen LogP contribution in [0.25, 0.3) is 11.1 Å². The fourth-order valence-corrected chi connectivity index (χ4v) is 3.45. The van der Waals surface area contributed by atoms with Gasteiger partial charge in [0, 0.05) is 30.4 Å². The van der Waals surface area contributed by atoms with Crippen molar-refractivity contribution in [3.63, 3.8) is 0 Å². The molecule has 1 aliphatic heterocycles. The number of morpholine rings is 1. The van der Waals surface area contributed by atoms with E-state index >= 15 is 0 Å². The highest BCUT2D eigenvalue weighted by atomic mass is 16.5. The molecule has 7 heteroatoms. The number of oxazole rings is 1. The Hall–Kier alpha value is -2.28. The molecule has 0 spiro atoms. The maximum Gasteiger partial charge on any atom is 0.319 e. The summed E-state index contributed by atoms with van der Waals surface area (Å²) in [5, 5.41) is 6.02. The molecule has 2 N–H and O–H groups in total. The van der Waals surface area contributed by atoms with Gasteiger partial charge in [0.2, 0.25) is 0 Å². The molecule has 7 nitrogen and oxygen atoms in total. The van der Waals surface area contributed by atoms with Crippen LogP contribution in [-0.2, 0) is 4.74 Å². The lowest BCUT2D eigenvalue weighted by atomic mass is 9.75. The summed E-state index contributed by atoms with van der Waals surface area (Å²) in [6.07, 6.45) is 4.26. The Kier molecular flexibility index (Phi) is 4.25. The van der Waals surface area contributed by atoms with Crippen molar-refractivity contribution in [2.24, 2.45) is 0 Å². The Balaban J connectivity index is 1.46. The number of fused-ring (bicyclic) bond motifs is 1. The molecule has 1 aliphatic carbocycles. The Morgan fingerprint density at radius 1 is 1.32 bits per heavy atom. The number of rotatable bonds is 4. The minimum absolute atomic E-state index is 0.0239. The second-order valence-electron chi connectivity index (χ2n) is 6.84. The van der Waals surface area contributed by atoms with Crippen LogP contribution < -0.4 is 15.5 Å². The Bertz CT molecular complexity index is 757. The van der Waals surface area contributed by atoms with Crippen LogP contribution in [0, 0.1) is 0 Å². The number of hydrogen-bond donors (Lipinski definition) is 2. The van der Waals surface area contributed by atoms with Crippen molar-refractivity contribution < 1.29 is 13.9 Å². The van der Waals surface area contributed by atoms with Gasteiger partial charge in [0.15, 0.2) is 5.58 Å². The summed E-state index contributed by atoms with van der Waals surface area (Å²) in [6.45, 7) is 5.04. The largest absolute Gasteiger partial charge is 0.423 e. The first kappa shape index (κ1) is 16.2. The molecule has 2 amide bonds. The number of ether oxygens (including phenoxy) is 1. The first-order valence-corrected chi connectivity index (χ1v) is 9.00. The average molecular weight is 344 g/mol. The highest BCUT2D eigenvalue weighted by Crippen LogP contribution is 2.34. The maximum atomic E-state index is 12.3. The average Bonchev–Trinajstić information content (AvgIpc) is 3.02. The number of nitrogens with one attached hydrogen (secondary N) is 2. The first-order chi connectivity index (χ1) is 12.2. The standard InChI is InChI=1S/C18H24N4O3/c1-2-18(6-3-7-18)21-16(23)19-13-4-5-14-15(12-13)25-17(20-14)22-8-10-24-11-9-22/h4-5,12H,2-3,6-11H2,1H3,(H2,19,21,23). The van der Waals surface area contributed by atoms with Gasteiger partial charge >= 0.3 is 6.03 Å². The van der Waals surface area contributed by atoms with Crippen molar-refractivity contribution in [2.75, 3.05) is 36.5 Å². The second kappa shape index (κ2) is 6.55. The minimum atomic E-state index is -0.159. The number of amides is 2. The fraction of sp³-hybridized carbons (Fsp3) is 0.556. The van der Waals surface area contributed by atoms with Crippen LogP contribution in [-0.4, -0.2) is 42.9 Å². The van der Waals surface area contributed by atoms with E-state index in [1.807, 2.05) is 18.2 Å². The SMILES string of the molecule is CCC1(NC(=O)Nc2ccc3nc(N4CCOCC4)oc3c2)CCC1. The van der Waals surface area contributed by atoms with Gasteiger partial charge in [-0.05, 0) is 37.8 Å². The van der Waals surface area contributed by atoms with Crippen LogP contribution in [0.5, 0.6) is 0 Å². The topological polar surface area (TPSA) is 79.6 Å². The lowest BCUT2D eigenvalue weighted by Crippen LogP contribution is -2.54. The fourth-order valence-electron chi connectivity index (χ4n) is 3.45. The van der Waals surface area contributed by atoms with E-state index in [2.05, 4.69) is 27.4 Å². The summed E-state index contributed by atoms with van der Waals surface area (Å²) in [7, 11) is 0. The molecule has 1 aromatic heterocycles. The third-order valence-corrected chi connectivity index (χ3v) is 5.28. The zero-order valence-electron chi connectivity index (χ0n) is 14.5. The lowest BCUT2D eigenvalue weighted by Gasteiger charge is -2.41. The van der Waals surface area contributed by atoms with Gasteiger partial charge in [0.25, 0.3) is 6.01 Å². The molecule has 1 aromatic carbocycles. The van der Waals surface area contributed by atoms with Gasteiger partial charge in [-0.2, -0.15) is 4.98 Å². The van der Waals surface area contributed by atoms with Gasteiger partial charge in [0.1, 0.15) is 5.52 Å². The maximum absolute atomic E-state index is 12.3. The zero-order chi connectivity index (χ0) is 17.3. The van der Waals surface area contributed by atoms with Crippen LogP contribution in [0.15, 0.2) is 22.6 Å². The summed E-state index contributed by atoms with van der Waals surface area (Å²) >= 11 is 0. The molecular formula is C18H24N4O3. The molecule has 134 valence electrons. The molecule has 0 unspecified atom stereocenters. The van der Waals surface area contributed by atoms with E-state index in [0.717, 1.165) is 37.9 Å². The van der Waals surface area contributed by atoms with Gasteiger partial charge in [-0.15, -0.1) is 0 Å². The van der Waals surface area contributed by atoms with Crippen molar-refractivity contribution in [1.29, 1.82) is 0 Å². The molecule has 2 aromatic rings.